The minimum atomic E-state index is -5.78. The van der Waals surface area contributed by atoms with Gasteiger partial charge in [0, 0.05) is 11.1 Å². The third-order valence-electron chi connectivity index (χ3n) is 4.16. The van der Waals surface area contributed by atoms with Gasteiger partial charge in [0.2, 0.25) is 0 Å². The number of fused-ring (bicyclic) bond motifs is 3. The monoisotopic (exact) mass is 391 g/mol. The van der Waals surface area contributed by atoms with E-state index < -0.39 is 15.6 Å². The molecule has 4 rings (SSSR count). The number of halogens is 3. The first kappa shape index (κ1) is 17.4. The van der Waals surface area contributed by atoms with Gasteiger partial charge in [-0.25, -0.2) is 0 Å². The minimum absolute atomic E-state index is 0.296. The van der Waals surface area contributed by atoms with Crippen molar-refractivity contribution in [1.82, 2.24) is 4.57 Å². The summed E-state index contributed by atoms with van der Waals surface area (Å²) in [7, 11) is -5.78. The Morgan fingerprint density at radius 2 is 1.41 bits per heavy atom. The topological polar surface area (TPSA) is 48.3 Å². The zero-order valence-corrected chi connectivity index (χ0v) is 14.5. The van der Waals surface area contributed by atoms with Crippen LogP contribution in [0.4, 0.5) is 13.2 Å². The first-order valence-corrected chi connectivity index (χ1v) is 9.29. The molecular weight excluding hydrogens is 379 g/mol. The van der Waals surface area contributed by atoms with Crippen molar-refractivity contribution in [3.63, 3.8) is 0 Å². The standard InChI is InChI=1S/C19H12F3NO3S/c20-19(21,22)27(24,25)26-17-12-6-11-16-18(17)14-9-4-5-10-15(14)23(16)13-7-2-1-3-8-13/h1-12H. The van der Waals surface area contributed by atoms with Crippen LogP contribution in [0.2, 0.25) is 0 Å². The van der Waals surface area contributed by atoms with Crippen LogP contribution in [0.5, 0.6) is 5.75 Å². The maximum atomic E-state index is 12.8. The molecule has 8 heteroatoms. The van der Waals surface area contributed by atoms with Crippen LogP contribution < -0.4 is 4.18 Å². The van der Waals surface area contributed by atoms with Crippen molar-refractivity contribution < 1.29 is 25.8 Å². The van der Waals surface area contributed by atoms with Crippen LogP contribution in [-0.4, -0.2) is 18.5 Å². The Kier molecular flexibility index (Phi) is 3.88. The summed E-state index contributed by atoms with van der Waals surface area (Å²) in [6, 6.07) is 20.7. The van der Waals surface area contributed by atoms with Gasteiger partial charge in [-0.15, -0.1) is 0 Å². The van der Waals surface area contributed by atoms with E-state index in [1.165, 1.54) is 12.1 Å². The van der Waals surface area contributed by atoms with Gasteiger partial charge in [-0.3, -0.25) is 0 Å². The van der Waals surface area contributed by atoms with Crippen molar-refractivity contribution in [2.24, 2.45) is 0 Å². The lowest BCUT2D eigenvalue weighted by Gasteiger charge is -2.11. The maximum Gasteiger partial charge on any atom is 0.534 e. The molecule has 4 aromatic rings. The molecule has 27 heavy (non-hydrogen) atoms. The minimum Gasteiger partial charge on any atom is -0.375 e. The average Bonchev–Trinajstić information content (AvgIpc) is 2.96. The summed E-state index contributed by atoms with van der Waals surface area (Å²) >= 11 is 0. The van der Waals surface area contributed by atoms with E-state index in [2.05, 4.69) is 4.18 Å². The average molecular weight is 391 g/mol. The number of para-hydroxylation sites is 2. The molecule has 1 aromatic heterocycles. The molecule has 0 N–H and O–H groups in total. The number of hydrogen-bond acceptors (Lipinski definition) is 3. The Hall–Kier alpha value is -3.00. The Bertz CT molecular complexity index is 1250. The van der Waals surface area contributed by atoms with Crippen LogP contribution in [0.1, 0.15) is 0 Å². The fourth-order valence-electron chi connectivity index (χ4n) is 3.08. The summed E-state index contributed by atoms with van der Waals surface area (Å²) in [4.78, 5) is 0. The molecule has 0 atom stereocenters. The van der Waals surface area contributed by atoms with Crippen molar-refractivity contribution in [3.05, 3.63) is 72.8 Å². The van der Waals surface area contributed by atoms with E-state index in [0.29, 0.717) is 16.3 Å². The van der Waals surface area contributed by atoms with Gasteiger partial charge < -0.3 is 8.75 Å². The third-order valence-corrected chi connectivity index (χ3v) is 5.12. The quantitative estimate of drug-likeness (QED) is 0.364. The summed E-state index contributed by atoms with van der Waals surface area (Å²) in [6.45, 7) is 0. The smallest absolute Gasteiger partial charge is 0.375 e. The Labute approximate surface area is 152 Å². The van der Waals surface area contributed by atoms with Crippen LogP contribution in [0.3, 0.4) is 0 Å². The van der Waals surface area contributed by atoms with E-state index in [1.807, 2.05) is 41.0 Å². The summed E-state index contributed by atoms with van der Waals surface area (Å²) < 4.78 is 67.7. The maximum absolute atomic E-state index is 12.8. The van der Waals surface area contributed by atoms with Crippen LogP contribution in [-0.2, 0) is 10.1 Å². The van der Waals surface area contributed by atoms with E-state index in [-0.39, 0.29) is 5.75 Å². The lowest BCUT2D eigenvalue weighted by Crippen LogP contribution is -2.28. The molecule has 3 aromatic carbocycles. The van der Waals surface area contributed by atoms with Crippen molar-refractivity contribution in [3.8, 4) is 11.4 Å². The van der Waals surface area contributed by atoms with E-state index >= 15 is 0 Å². The van der Waals surface area contributed by atoms with E-state index in [4.69, 9.17) is 0 Å². The SMILES string of the molecule is O=S(=O)(Oc1cccc2c1c1ccccc1n2-c1ccccc1)C(F)(F)F. The number of rotatable bonds is 3. The van der Waals surface area contributed by atoms with Crippen molar-refractivity contribution in [2.75, 3.05) is 0 Å². The molecule has 0 saturated carbocycles. The zero-order chi connectivity index (χ0) is 19.2. The number of hydrogen-bond donors (Lipinski definition) is 0. The molecule has 0 fully saturated rings. The fraction of sp³-hybridized carbons (Fsp3) is 0.0526. The molecule has 0 unspecified atom stereocenters. The molecule has 0 aliphatic heterocycles. The second kappa shape index (κ2) is 6.02. The predicted molar refractivity (Wildman–Crippen MR) is 96.4 cm³/mol. The van der Waals surface area contributed by atoms with E-state index in [1.54, 1.807) is 24.3 Å². The van der Waals surface area contributed by atoms with Gasteiger partial charge in [0.05, 0.1) is 16.4 Å². The lowest BCUT2D eigenvalue weighted by molar-refractivity contribution is -0.0499. The van der Waals surface area contributed by atoms with E-state index in [9.17, 15) is 21.6 Å². The second-order valence-electron chi connectivity index (χ2n) is 5.82. The largest absolute Gasteiger partial charge is 0.534 e. The molecule has 0 spiro atoms. The van der Waals surface area contributed by atoms with Gasteiger partial charge in [-0.2, -0.15) is 21.6 Å². The van der Waals surface area contributed by atoms with Crippen molar-refractivity contribution in [2.45, 2.75) is 5.51 Å². The number of alkyl halides is 3. The molecular formula is C19H12F3NO3S. The highest BCUT2D eigenvalue weighted by Crippen LogP contribution is 2.39. The zero-order valence-electron chi connectivity index (χ0n) is 13.6. The summed E-state index contributed by atoms with van der Waals surface area (Å²) in [5.74, 6) is -0.365. The molecule has 0 bridgehead atoms. The molecule has 1 heterocycles. The van der Waals surface area contributed by atoms with Crippen LogP contribution in [0, 0.1) is 0 Å². The van der Waals surface area contributed by atoms with Crippen molar-refractivity contribution in [1.29, 1.82) is 0 Å². The summed E-state index contributed by atoms with van der Waals surface area (Å²) in [6.07, 6.45) is 0. The Morgan fingerprint density at radius 3 is 2.11 bits per heavy atom. The Morgan fingerprint density at radius 1 is 0.778 bits per heavy atom. The fourth-order valence-corrected chi connectivity index (χ4v) is 3.55. The number of nitrogens with zero attached hydrogens (tertiary/aromatic N) is 1. The summed E-state index contributed by atoms with van der Waals surface area (Å²) in [5.41, 5.74) is -3.46. The molecule has 0 aliphatic carbocycles. The highest BCUT2D eigenvalue weighted by Gasteiger charge is 2.48. The summed E-state index contributed by atoms with van der Waals surface area (Å²) in [5, 5.41) is 0.883. The molecule has 138 valence electrons. The molecule has 0 aliphatic rings. The van der Waals surface area contributed by atoms with Crippen LogP contribution in [0.15, 0.2) is 72.8 Å². The lowest BCUT2D eigenvalue weighted by atomic mass is 10.1. The van der Waals surface area contributed by atoms with Gasteiger partial charge >= 0.3 is 15.6 Å². The Balaban J connectivity index is 2.05. The van der Waals surface area contributed by atoms with Crippen LogP contribution in [0.25, 0.3) is 27.5 Å². The van der Waals surface area contributed by atoms with Gasteiger partial charge in [0.1, 0.15) is 0 Å². The van der Waals surface area contributed by atoms with E-state index in [0.717, 1.165) is 11.2 Å². The number of benzene rings is 3. The molecule has 4 nitrogen and oxygen atoms in total. The highest BCUT2D eigenvalue weighted by molar-refractivity contribution is 7.88. The first-order chi connectivity index (χ1) is 12.8. The molecule has 0 radical (unpaired) electrons. The van der Waals surface area contributed by atoms with Crippen LogP contribution >= 0.6 is 0 Å². The van der Waals surface area contributed by atoms with Gasteiger partial charge in [0.25, 0.3) is 0 Å². The predicted octanol–water partition coefficient (Wildman–Crippen LogP) is 5.01. The first-order valence-electron chi connectivity index (χ1n) is 7.88. The second-order valence-corrected chi connectivity index (χ2v) is 7.36. The molecule has 0 saturated heterocycles. The highest BCUT2D eigenvalue weighted by atomic mass is 32.2. The van der Waals surface area contributed by atoms with Crippen molar-refractivity contribution >= 4 is 31.9 Å². The normalized spacial score (nSPS) is 12.6. The molecule has 0 amide bonds. The third kappa shape index (κ3) is 2.82. The van der Waals surface area contributed by atoms with Gasteiger partial charge in [-0.05, 0) is 30.3 Å². The van der Waals surface area contributed by atoms with Gasteiger partial charge in [0.15, 0.2) is 5.75 Å². The number of aromatic nitrogens is 1. The van der Waals surface area contributed by atoms with Gasteiger partial charge in [-0.1, -0.05) is 42.5 Å².